The fourth-order valence-corrected chi connectivity index (χ4v) is 2.11. The average Bonchev–Trinajstić information content (AvgIpc) is 2.83. The summed E-state index contributed by atoms with van der Waals surface area (Å²) in [6.45, 7) is 0.609. The summed E-state index contributed by atoms with van der Waals surface area (Å²) in [4.78, 5) is 12.5. The van der Waals surface area contributed by atoms with Crippen LogP contribution in [-0.4, -0.2) is 42.0 Å². The Morgan fingerprint density at radius 1 is 1.36 bits per heavy atom. The first kappa shape index (κ1) is 16.3. The lowest BCUT2D eigenvalue weighted by Crippen LogP contribution is -2.35. The summed E-state index contributed by atoms with van der Waals surface area (Å²) < 4.78 is 40.0. The maximum atomic E-state index is 12.6. The monoisotopic (exact) mass is 317 g/mol. The van der Waals surface area contributed by atoms with Crippen molar-refractivity contribution in [3.8, 4) is 17.2 Å². The number of nitrogens with zero attached hydrogens (tertiary/aromatic N) is 1. The molecule has 0 bridgehead atoms. The standard InChI is InChI=1S/C14H17F2NO5/c1-8(2)17(6-13(18)19)5-9-3-11-12(21-7-20-11)4-10(9)22-14(15)16/h3-4,8,14H,5-7H2,1-2H3,(H,18,19). The number of carbonyl (C=O) groups is 1. The summed E-state index contributed by atoms with van der Waals surface area (Å²) in [5, 5.41) is 8.94. The van der Waals surface area contributed by atoms with Crippen molar-refractivity contribution >= 4 is 5.97 Å². The van der Waals surface area contributed by atoms with Crippen molar-refractivity contribution in [1.82, 2.24) is 4.90 Å². The second kappa shape index (κ2) is 6.78. The van der Waals surface area contributed by atoms with Crippen molar-refractivity contribution < 1.29 is 32.9 Å². The minimum absolute atomic E-state index is 0.00985. The number of hydrogen-bond acceptors (Lipinski definition) is 5. The van der Waals surface area contributed by atoms with Crippen molar-refractivity contribution in [2.75, 3.05) is 13.3 Å². The van der Waals surface area contributed by atoms with E-state index >= 15 is 0 Å². The van der Waals surface area contributed by atoms with Crippen LogP contribution in [0.4, 0.5) is 8.78 Å². The van der Waals surface area contributed by atoms with Crippen LogP contribution in [0.1, 0.15) is 19.4 Å². The largest absolute Gasteiger partial charge is 0.480 e. The van der Waals surface area contributed by atoms with E-state index in [0.717, 1.165) is 0 Å². The van der Waals surface area contributed by atoms with Crippen LogP contribution in [0.5, 0.6) is 17.2 Å². The summed E-state index contributed by atoms with van der Waals surface area (Å²) in [5.74, 6) is -0.287. The molecule has 0 fully saturated rings. The van der Waals surface area contributed by atoms with E-state index in [9.17, 15) is 13.6 Å². The van der Waals surface area contributed by atoms with Gasteiger partial charge in [-0.2, -0.15) is 8.78 Å². The Labute approximate surface area is 126 Å². The second-order valence-corrected chi connectivity index (χ2v) is 5.08. The molecular formula is C14H17F2NO5. The molecular weight excluding hydrogens is 300 g/mol. The molecule has 0 saturated heterocycles. The molecule has 8 heteroatoms. The lowest BCUT2D eigenvalue weighted by Gasteiger charge is -2.25. The molecule has 0 atom stereocenters. The highest BCUT2D eigenvalue weighted by atomic mass is 19.3. The number of aliphatic carboxylic acids is 1. The summed E-state index contributed by atoms with van der Waals surface area (Å²) in [7, 11) is 0. The quantitative estimate of drug-likeness (QED) is 0.832. The Morgan fingerprint density at radius 3 is 2.55 bits per heavy atom. The van der Waals surface area contributed by atoms with Crippen LogP contribution in [0.15, 0.2) is 12.1 Å². The number of ether oxygens (including phenoxy) is 3. The van der Waals surface area contributed by atoms with Gasteiger partial charge in [0.25, 0.3) is 0 Å². The van der Waals surface area contributed by atoms with E-state index in [4.69, 9.17) is 14.6 Å². The highest BCUT2D eigenvalue weighted by Crippen LogP contribution is 2.39. The van der Waals surface area contributed by atoms with Gasteiger partial charge in [-0.1, -0.05) is 0 Å². The van der Waals surface area contributed by atoms with E-state index < -0.39 is 12.6 Å². The first-order chi connectivity index (χ1) is 10.4. The molecule has 0 radical (unpaired) electrons. The Bertz CT molecular complexity index is 550. The van der Waals surface area contributed by atoms with Crippen molar-refractivity contribution in [2.24, 2.45) is 0 Å². The SMILES string of the molecule is CC(C)N(CC(=O)O)Cc1cc2c(cc1OC(F)F)OCO2. The zero-order chi connectivity index (χ0) is 16.3. The molecule has 0 aromatic heterocycles. The highest BCUT2D eigenvalue weighted by Gasteiger charge is 2.23. The normalized spacial score (nSPS) is 13.2. The fourth-order valence-electron chi connectivity index (χ4n) is 2.11. The minimum Gasteiger partial charge on any atom is -0.480 e. The van der Waals surface area contributed by atoms with E-state index in [1.807, 2.05) is 13.8 Å². The van der Waals surface area contributed by atoms with Crippen LogP contribution >= 0.6 is 0 Å². The average molecular weight is 317 g/mol. The molecule has 1 aliphatic rings. The molecule has 0 spiro atoms. The van der Waals surface area contributed by atoms with Gasteiger partial charge in [-0.05, 0) is 19.9 Å². The molecule has 0 aliphatic carbocycles. The molecule has 1 heterocycles. The van der Waals surface area contributed by atoms with Crippen LogP contribution in [0, 0.1) is 0 Å². The smallest absolute Gasteiger partial charge is 0.387 e. The van der Waals surface area contributed by atoms with E-state index in [-0.39, 0.29) is 31.7 Å². The Balaban J connectivity index is 2.28. The fraction of sp³-hybridized carbons (Fsp3) is 0.500. The number of hydrogen-bond donors (Lipinski definition) is 1. The van der Waals surface area contributed by atoms with Gasteiger partial charge in [0.15, 0.2) is 11.5 Å². The summed E-state index contributed by atoms with van der Waals surface area (Å²) in [6.07, 6.45) is 0. The van der Waals surface area contributed by atoms with Crippen LogP contribution in [0.2, 0.25) is 0 Å². The molecule has 1 aromatic rings. The van der Waals surface area contributed by atoms with Crippen molar-refractivity contribution in [2.45, 2.75) is 33.0 Å². The van der Waals surface area contributed by atoms with E-state index in [0.29, 0.717) is 17.1 Å². The van der Waals surface area contributed by atoms with Crippen molar-refractivity contribution in [3.05, 3.63) is 17.7 Å². The summed E-state index contributed by atoms with van der Waals surface area (Å²) >= 11 is 0. The van der Waals surface area contributed by atoms with Crippen molar-refractivity contribution in [3.63, 3.8) is 0 Å². The molecule has 2 rings (SSSR count). The molecule has 1 N–H and O–H groups in total. The van der Waals surface area contributed by atoms with Gasteiger partial charge >= 0.3 is 12.6 Å². The number of halogens is 2. The van der Waals surface area contributed by atoms with Crippen LogP contribution in [-0.2, 0) is 11.3 Å². The number of alkyl halides is 2. The molecule has 22 heavy (non-hydrogen) atoms. The molecule has 1 aliphatic heterocycles. The van der Waals surface area contributed by atoms with E-state index in [1.165, 1.54) is 12.1 Å². The maximum absolute atomic E-state index is 12.6. The van der Waals surface area contributed by atoms with Gasteiger partial charge in [0.05, 0.1) is 6.54 Å². The first-order valence-corrected chi connectivity index (χ1v) is 6.70. The Hall–Kier alpha value is -2.09. The molecule has 122 valence electrons. The van der Waals surface area contributed by atoms with Gasteiger partial charge < -0.3 is 19.3 Å². The highest BCUT2D eigenvalue weighted by molar-refractivity contribution is 5.69. The van der Waals surface area contributed by atoms with Crippen LogP contribution in [0.25, 0.3) is 0 Å². The Morgan fingerprint density at radius 2 is 2.00 bits per heavy atom. The van der Waals surface area contributed by atoms with Crippen LogP contribution in [0.3, 0.4) is 0 Å². The van der Waals surface area contributed by atoms with Gasteiger partial charge in [-0.3, -0.25) is 9.69 Å². The van der Waals surface area contributed by atoms with Gasteiger partial charge in [-0.15, -0.1) is 0 Å². The van der Waals surface area contributed by atoms with E-state index in [1.54, 1.807) is 4.90 Å². The van der Waals surface area contributed by atoms with Gasteiger partial charge in [0.2, 0.25) is 6.79 Å². The number of fused-ring (bicyclic) bond motifs is 1. The molecule has 0 amide bonds. The maximum Gasteiger partial charge on any atom is 0.387 e. The third-order valence-corrected chi connectivity index (χ3v) is 3.21. The number of carboxylic acids is 1. The zero-order valence-corrected chi connectivity index (χ0v) is 12.2. The Kier molecular flexibility index (Phi) is 5.02. The third-order valence-electron chi connectivity index (χ3n) is 3.21. The van der Waals surface area contributed by atoms with Crippen LogP contribution < -0.4 is 14.2 Å². The predicted molar refractivity (Wildman–Crippen MR) is 72.4 cm³/mol. The predicted octanol–water partition coefficient (Wildman–Crippen LogP) is 2.31. The summed E-state index contributed by atoms with van der Waals surface area (Å²) in [5.41, 5.74) is 0.416. The topological polar surface area (TPSA) is 68.2 Å². The number of rotatable bonds is 7. The third kappa shape index (κ3) is 3.97. The first-order valence-electron chi connectivity index (χ1n) is 6.70. The zero-order valence-electron chi connectivity index (χ0n) is 12.2. The lowest BCUT2D eigenvalue weighted by molar-refractivity contribution is -0.139. The molecule has 0 unspecified atom stereocenters. The van der Waals surface area contributed by atoms with Gasteiger partial charge in [-0.25, -0.2) is 0 Å². The van der Waals surface area contributed by atoms with Gasteiger partial charge in [0.1, 0.15) is 5.75 Å². The number of benzene rings is 1. The lowest BCUT2D eigenvalue weighted by atomic mass is 10.1. The summed E-state index contributed by atoms with van der Waals surface area (Å²) in [6, 6.07) is 2.79. The van der Waals surface area contributed by atoms with Crippen molar-refractivity contribution in [1.29, 1.82) is 0 Å². The number of carboxylic acid groups (broad SMARTS) is 1. The minimum atomic E-state index is -2.98. The van der Waals surface area contributed by atoms with Gasteiger partial charge in [0, 0.05) is 24.2 Å². The molecule has 1 aromatic carbocycles. The second-order valence-electron chi connectivity index (χ2n) is 5.08. The molecule has 6 nitrogen and oxygen atoms in total. The molecule has 0 saturated carbocycles. The van der Waals surface area contributed by atoms with E-state index in [2.05, 4.69) is 4.74 Å².